The van der Waals surface area contributed by atoms with Crippen LogP contribution in [0.2, 0.25) is 0 Å². The summed E-state index contributed by atoms with van der Waals surface area (Å²) in [6, 6.07) is -1.33. The van der Waals surface area contributed by atoms with Gasteiger partial charge in [0, 0.05) is 109 Å². The molecule has 17 heteroatoms. The van der Waals surface area contributed by atoms with Crippen molar-refractivity contribution in [2.24, 2.45) is 17.8 Å². The van der Waals surface area contributed by atoms with E-state index < -0.39 is 30.3 Å². The van der Waals surface area contributed by atoms with Crippen LogP contribution >= 0.6 is 0 Å². The average Bonchev–Trinajstić information content (AvgIpc) is 4.01. The molecular weight excluding hydrogens is 796 g/mol. The van der Waals surface area contributed by atoms with Crippen molar-refractivity contribution in [3.8, 4) is 0 Å². The van der Waals surface area contributed by atoms with Gasteiger partial charge in [0.2, 0.25) is 11.8 Å². The molecule has 9 fully saturated rings. The molecule has 0 aromatic carbocycles. The lowest BCUT2D eigenvalue weighted by Crippen LogP contribution is -2.73. The van der Waals surface area contributed by atoms with Gasteiger partial charge in [0.25, 0.3) is 5.91 Å². The van der Waals surface area contributed by atoms with Crippen LogP contribution in [0.5, 0.6) is 0 Å². The van der Waals surface area contributed by atoms with Crippen molar-refractivity contribution in [3.05, 3.63) is 11.8 Å². The number of ether oxygens (including phenoxy) is 2. The molecule has 0 bridgehead atoms. The number of alkyl halides is 1. The van der Waals surface area contributed by atoms with Crippen molar-refractivity contribution in [2.75, 3.05) is 112 Å². The van der Waals surface area contributed by atoms with Gasteiger partial charge in [-0.15, -0.1) is 0 Å². The maximum absolute atomic E-state index is 17.1. The van der Waals surface area contributed by atoms with Crippen LogP contribution in [0.3, 0.4) is 0 Å². The molecule has 344 valence electrons. The van der Waals surface area contributed by atoms with E-state index in [1.165, 1.54) is 19.3 Å². The number of fused-ring (bicyclic) bond motifs is 5. The number of hydrogen-bond donors (Lipinski definition) is 3. The van der Waals surface area contributed by atoms with Crippen molar-refractivity contribution in [3.63, 3.8) is 0 Å². The Kier molecular flexibility index (Phi) is 12.7. The topological polar surface area (TPSA) is 146 Å². The first-order valence-electron chi connectivity index (χ1n) is 24.2. The first kappa shape index (κ1) is 43.1. The van der Waals surface area contributed by atoms with Crippen molar-refractivity contribution in [1.82, 2.24) is 50.2 Å². The van der Waals surface area contributed by atoms with Gasteiger partial charge in [0.05, 0.1) is 61.2 Å². The van der Waals surface area contributed by atoms with E-state index in [0.29, 0.717) is 57.6 Å². The standard InChI is InChI=1S/C45H71FN10O6/c1-50-11-15-52(16-12-50)26-40(58)49-29-8-10-55(24-29)45(60)33-25-56-35-21-37-31(30-5-3-4-6-36(30)61-37)20-38(35)62-44-41(56)32(43(33)59)19-34(46)42(44)54-9-7-28(23-54)48-39(57)22-47-27-53-17-13-51(2)14-18-53/h25,28-32,34-38,41-42,44,47H,3-24,26-27H2,1-2H3,(H,48,57)(H,49,58)/t28-,29-,30?,31?,32?,34?,35?,36?,37?,38?,41?,42?,44?/m1/s1. The molecular formula is C45H71FN10O6. The SMILES string of the molecule is CN1CCN(CNCC(=O)N[C@@H]2CCN(C3C(F)CC4C(=O)C(C(=O)N5CC[C@@H](NC(=O)CN6CCN(C)CC6)C5)=CN5C6CC7OC8CCCCC8C7CC6OC3C45)C2)CC1. The Morgan fingerprint density at radius 2 is 1.44 bits per heavy atom. The number of carbonyl (C=O) groups is 4. The Morgan fingerprint density at radius 3 is 2.23 bits per heavy atom. The first-order chi connectivity index (χ1) is 30.1. The molecule has 3 aliphatic carbocycles. The fourth-order valence-electron chi connectivity index (χ4n) is 13.3. The summed E-state index contributed by atoms with van der Waals surface area (Å²) in [6.45, 7) is 10.8. The second-order valence-electron chi connectivity index (χ2n) is 20.6. The number of likely N-dealkylation sites (N-methyl/N-ethyl adjacent to an activating group) is 2. The summed E-state index contributed by atoms with van der Waals surface area (Å²) in [5.41, 5.74) is 0.133. The van der Waals surface area contributed by atoms with E-state index in [-0.39, 0.29) is 78.5 Å². The van der Waals surface area contributed by atoms with Gasteiger partial charge in [-0.05, 0) is 70.9 Å². The minimum atomic E-state index is -1.33. The monoisotopic (exact) mass is 867 g/mol. The molecule has 13 atom stereocenters. The zero-order valence-electron chi connectivity index (χ0n) is 37.0. The number of ketones is 1. The molecule has 10 aliphatic rings. The lowest BCUT2D eigenvalue weighted by atomic mass is 9.67. The zero-order chi connectivity index (χ0) is 42.6. The number of amides is 3. The Bertz CT molecular complexity index is 1710. The molecule has 7 aliphatic heterocycles. The number of nitrogens with one attached hydrogen (secondary N) is 3. The number of Topliss-reactive ketones (excluding diaryl/α,β-unsaturated/α-hetero) is 1. The van der Waals surface area contributed by atoms with Crippen LogP contribution in [0.1, 0.15) is 57.8 Å². The number of nitrogens with zero attached hydrogens (tertiary/aromatic N) is 7. The van der Waals surface area contributed by atoms with E-state index in [9.17, 15) is 19.2 Å². The molecule has 0 radical (unpaired) electrons. The Labute approximate surface area is 366 Å². The second kappa shape index (κ2) is 18.2. The molecule has 16 nitrogen and oxygen atoms in total. The van der Waals surface area contributed by atoms with Crippen molar-refractivity contribution in [2.45, 2.75) is 119 Å². The van der Waals surface area contributed by atoms with E-state index in [4.69, 9.17) is 9.47 Å². The molecule has 3 N–H and O–H groups in total. The van der Waals surface area contributed by atoms with Crippen LogP contribution in [-0.4, -0.2) is 231 Å². The predicted molar refractivity (Wildman–Crippen MR) is 228 cm³/mol. The summed E-state index contributed by atoms with van der Waals surface area (Å²) < 4.78 is 31.0. The van der Waals surface area contributed by atoms with E-state index in [1.807, 2.05) is 6.20 Å². The van der Waals surface area contributed by atoms with Crippen LogP contribution in [0.25, 0.3) is 0 Å². The number of hydrogen-bond acceptors (Lipinski definition) is 13. The lowest BCUT2D eigenvalue weighted by molar-refractivity contribution is -0.220. The van der Waals surface area contributed by atoms with Gasteiger partial charge < -0.3 is 39.7 Å². The van der Waals surface area contributed by atoms with Crippen LogP contribution < -0.4 is 16.0 Å². The average molecular weight is 867 g/mol. The molecule has 6 saturated heterocycles. The van der Waals surface area contributed by atoms with E-state index in [0.717, 1.165) is 78.0 Å². The molecule has 10 rings (SSSR count). The lowest BCUT2D eigenvalue weighted by Gasteiger charge is -2.61. The third-order valence-corrected chi connectivity index (χ3v) is 16.7. The highest BCUT2D eigenvalue weighted by Gasteiger charge is 2.62. The Hall–Kier alpha value is -2.77. The van der Waals surface area contributed by atoms with Gasteiger partial charge in [-0.25, -0.2) is 4.39 Å². The van der Waals surface area contributed by atoms with Crippen molar-refractivity contribution < 1.29 is 33.0 Å². The summed E-state index contributed by atoms with van der Waals surface area (Å²) in [7, 11) is 4.22. The number of piperazine rings is 2. The molecule has 11 unspecified atom stereocenters. The molecule has 3 amide bonds. The molecule has 0 aromatic heterocycles. The molecule has 62 heavy (non-hydrogen) atoms. The van der Waals surface area contributed by atoms with Crippen LogP contribution in [-0.2, 0) is 28.7 Å². The van der Waals surface area contributed by atoms with Crippen molar-refractivity contribution >= 4 is 23.5 Å². The summed E-state index contributed by atoms with van der Waals surface area (Å²) in [5, 5.41) is 9.67. The number of halogens is 1. The van der Waals surface area contributed by atoms with Crippen LogP contribution in [0.15, 0.2) is 11.8 Å². The Morgan fingerprint density at radius 1 is 0.726 bits per heavy atom. The maximum atomic E-state index is 17.1. The van der Waals surface area contributed by atoms with Gasteiger partial charge in [0.15, 0.2) is 5.78 Å². The van der Waals surface area contributed by atoms with Gasteiger partial charge in [-0.1, -0.05) is 12.8 Å². The van der Waals surface area contributed by atoms with Gasteiger partial charge in [0.1, 0.15) is 6.17 Å². The number of likely N-dealkylation sites (tertiary alicyclic amines) is 2. The van der Waals surface area contributed by atoms with E-state index in [2.05, 4.69) is 59.4 Å². The molecule has 7 heterocycles. The van der Waals surface area contributed by atoms with Crippen molar-refractivity contribution in [1.29, 1.82) is 0 Å². The highest BCUT2D eigenvalue weighted by Crippen LogP contribution is 2.53. The molecule has 3 saturated carbocycles. The summed E-state index contributed by atoms with van der Waals surface area (Å²) >= 11 is 0. The minimum absolute atomic E-state index is 0.0218. The van der Waals surface area contributed by atoms with Crippen LogP contribution in [0, 0.1) is 17.8 Å². The summed E-state index contributed by atoms with van der Waals surface area (Å²) in [4.78, 5) is 70.4. The molecule has 0 aromatic rings. The smallest absolute Gasteiger partial charge is 0.259 e. The highest BCUT2D eigenvalue weighted by atomic mass is 19.1. The van der Waals surface area contributed by atoms with Crippen LogP contribution in [0.4, 0.5) is 4.39 Å². The normalized spacial score (nSPS) is 40.7. The Balaban J connectivity index is 0.833. The summed E-state index contributed by atoms with van der Waals surface area (Å²) in [6.07, 6.45) is 7.78. The number of carbonyl (C=O) groups excluding carboxylic acids is 4. The van der Waals surface area contributed by atoms with E-state index >= 15 is 4.39 Å². The zero-order valence-corrected chi connectivity index (χ0v) is 37.0. The quantitative estimate of drug-likeness (QED) is 0.239. The predicted octanol–water partition coefficient (Wildman–Crippen LogP) is -0.697. The minimum Gasteiger partial charge on any atom is -0.374 e. The number of rotatable bonds is 10. The largest absolute Gasteiger partial charge is 0.374 e. The third kappa shape index (κ3) is 8.70. The van der Waals surface area contributed by atoms with Gasteiger partial charge >= 0.3 is 0 Å². The van der Waals surface area contributed by atoms with E-state index in [1.54, 1.807) is 4.90 Å². The van der Waals surface area contributed by atoms with Gasteiger partial charge in [-0.2, -0.15) is 0 Å². The molecule has 0 spiro atoms. The fourth-order valence-corrected chi connectivity index (χ4v) is 13.3. The fraction of sp³-hybridized carbons (Fsp3) is 0.867. The highest BCUT2D eigenvalue weighted by molar-refractivity contribution is 6.20. The third-order valence-electron chi connectivity index (χ3n) is 16.7. The second-order valence-corrected chi connectivity index (χ2v) is 20.6. The number of morpholine rings is 1. The summed E-state index contributed by atoms with van der Waals surface area (Å²) in [5.74, 6) is -0.521. The van der Waals surface area contributed by atoms with Gasteiger partial charge in [-0.3, -0.25) is 39.2 Å². The maximum Gasteiger partial charge on any atom is 0.259 e. The first-order valence-corrected chi connectivity index (χ1v) is 24.2.